The van der Waals surface area contributed by atoms with E-state index in [0.717, 1.165) is 6.42 Å². The Bertz CT molecular complexity index is 455. The van der Waals surface area contributed by atoms with Gasteiger partial charge in [0, 0.05) is 24.7 Å². The third-order valence-corrected chi connectivity index (χ3v) is 3.04. The summed E-state index contributed by atoms with van der Waals surface area (Å²) in [7, 11) is 1.70. The zero-order valence-corrected chi connectivity index (χ0v) is 9.75. The minimum absolute atomic E-state index is 0.0338. The number of amides is 1. The molecule has 0 aliphatic heterocycles. The molecule has 0 saturated heterocycles. The maximum absolute atomic E-state index is 11.7. The number of carboxylic acid groups (broad SMARTS) is 1. The number of carbonyl (C=O) groups is 2. The van der Waals surface area contributed by atoms with E-state index in [4.69, 9.17) is 5.11 Å². The highest BCUT2D eigenvalue weighted by Crippen LogP contribution is 2.38. The molecule has 3 unspecified atom stereocenters. The van der Waals surface area contributed by atoms with Crippen LogP contribution in [0.5, 0.6) is 0 Å². The summed E-state index contributed by atoms with van der Waals surface area (Å²) >= 11 is 0. The molecule has 6 nitrogen and oxygen atoms in total. The van der Waals surface area contributed by atoms with Gasteiger partial charge >= 0.3 is 5.97 Å². The first-order chi connectivity index (χ1) is 7.99. The number of hydrogen-bond acceptors (Lipinski definition) is 3. The van der Waals surface area contributed by atoms with Gasteiger partial charge in [0.05, 0.1) is 6.20 Å². The quantitative estimate of drug-likeness (QED) is 0.789. The van der Waals surface area contributed by atoms with Crippen LogP contribution in [0.1, 0.15) is 24.9 Å². The average molecular weight is 237 g/mol. The Balaban J connectivity index is 2.08. The fourth-order valence-electron chi connectivity index (χ4n) is 1.81. The largest absolute Gasteiger partial charge is 0.479 e. The second-order valence-electron chi connectivity index (χ2n) is 4.55. The van der Waals surface area contributed by atoms with E-state index >= 15 is 0 Å². The van der Waals surface area contributed by atoms with Crippen LogP contribution >= 0.6 is 0 Å². The number of nitrogens with zero attached hydrogens (tertiary/aromatic N) is 2. The van der Waals surface area contributed by atoms with E-state index in [1.54, 1.807) is 13.2 Å². The maximum Gasteiger partial charge on any atom is 0.331 e. The van der Waals surface area contributed by atoms with E-state index < -0.39 is 12.0 Å². The SMILES string of the molecule is CC1CC1C(=O)NC(C(=O)O)c1cnn(C)c1. The zero-order chi connectivity index (χ0) is 12.6. The van der Waals surface area contributed by atoms with Crippen molar-refractivity contribution in [2.75, 3.05) is 0 Å². The highest BCUT2D eigenvalue weighted by atomic mass is 16.4. The first kappa shape index (κ1) is 11.6. The smallest absolute Gasteiger partial charge is 0.331 e. The fraction of sp³-hybridized carbons (Fsp3) is 0.545. The van der Waals surface area contributed by atoms with Gasteiger partial charge in [-0.3, -0.25) is 9.48 Å². The minimum Gasteiger partial charge on any atom is -0.479 e. The molecule has 1 fully saturated rings. The van der Waals surface area contributed by atoms with Crippen molar-refractivity contribution >= 4 is 11.9 Å². The summed E-state index contributed by atoms with van der Waals surface area (Å²) in [6, 6.07) is -1.01. The molecule has 1 aliphatic carbocycles. The van der Waals surface area contributed by atoms with Crippen molar-refractivity contribution in [3.05, 3.63) is 18.0 Å². The van der Waals surface area contributed by atoms with E-state index in [2.05, 4.69) is 10.4 Å². The standard InChI is InChI=1S/C11H15N3O3/c1-6-3-8(6)10(15)13-9(11(16)17)7-4-12-14(2)5-7/h4-6,8-9H,3H2,1-2H3,(H,13,15)(H,16,17). The van der Waals surface area contributed by atoms with Crippen molar-refractivity contribution in [1.82, 2.24) is 15.1 Å². The average Bonchev–Trinajstić information content (AvgIpc) is 2.83. The normalized spacial score (nSPS) is 24.1. The summed E-state index contributed by atoms with van der Waals surface area (Å²) in [6.45, 7) is 1.98. The molecule has 2 rings (SSSR count). The Kier molecular flexibility index (Phi) is 2.87. The number of hydrogen-bond donors (Lipinski definition) is 2. The van der Waals surface area contributed by atoms with Gasteiger partial charge in [-0.1, -0.05) is 6.92 Å². The zero-order valence-electron chi connectivity index (χ0n) is 9.75. The van der Waals surface area contributed by atoms with Crippen molar-refractivity contribution in [2.24, 2.45) is 18.9 Å². The van der Waals surface area contributed by atoms with E-state index in [1.165, 1.54) is 10.9 Å². The summed E-state index contributed by atoms with van der Waals surface area (Å²) < 4.78 is 1.51. The monoisotopic (exact) mass is 237 g/mol. The second-order valence-corrected chi connectivity index (χ2v) is 4.55. The molecule has 1 aliphatic rings. The van der Waals surface area contributed by atoms with Gasteiger partial charge < -0.3 is 10.4 Å². The molecule has 6 heteroatoms. The van der Waals surface area contributed by atoms with E-state index in [9.17, 15) is 9.59 Å². The van der Waals surface area contributed by atoms with Crippen LogP contribution in [0.2, 0.25) is 0 Å². The lowest BCUT2D eigenvalue weighted by molar-refractivity contribution is -0.142. The van der Waals surface area contributed by atoms with Gasteiger partial charge in [-0.05, 0) is 12.3 Å². The summed E-state index contributed by atoms with van der Waals surface area (Å²) in [5, 5.41) is 15.6. The van der Waals surface area contributed by atoms with Crippen molar-refractivity contribution in [3.8, 4) is 0 Å². The van der Waals surface area contributed by atoms with Gasteiger partial charge in [0.2, 0.25) is 5.91 Å². The molecule has 1 heterocycles. The van der Waals surface area contributed by atoms with Crippen molar-refractivity contribution in [3.63, 3.8) is 0 Å². The first-order valence-electron chi connectivity index (χ1n) is 5.50. The molecule has 0 spiro atoms. The third kappa shape index (κ3) is 2.46. The number of aromatic nitrogens is 2. The lowest BCUT2D eigenvalue weighted by atomic mass is 10.1. The summed E-state index contributed by atoms with van der Waals surface area (Å²) in [4.78, 5) is 22.8. The van der Waals surface area contributed by atoms with Crippen LogP contribution in [0.15, 0.2) is 12.4 Å². The fourth-order valence-corrected chi connectivity index (χ4v) is 1.81. The van der Waals surface area contributed by atoms with Gasteiger partial charge in [0.15, 0.2) is 6.04 Å². The molecular weight excluding hydrogens is 222 g/mol. The van der Waals surface area contributed by atoms with E-state index in [1.807, 2.05) is 6.92 Å². The molecule has 0 radical (unpaired) electrons. The highest BCUT2D eigenvalue weighted by molar-refractivity contribution is 5.87. The van der Waals surface area contributed by atoms with Crippen LogP contribution in [-0.2, 0) is 16.6 Å². The number of aliphatic carboxylic acids is 1. The van der Waals surface area contributed by atoms with E-state index in [-0.39, 0.29) is 11.8 Å². The summed E-state index contributed by atoms with van der Waals surface area (Å²) in [5.41, 5.74) is 0.488. The second kappa shape index (κ2) is 4.20. The number of aryl methyl sites for hydroxylation is 1. The third-order valence-electron chi connectivity index (χ3n) is 3.04. The summed E-state index contributed by atoms with van der Waals surface area (Å²) in [5.74, 6) is -0.930. The van der Waals surface area contributed by atoms with Crippen molar-refractivity contribution in [1.29, 1.82) is 0 Å². The van der Waals surface area contributed by atoms with Gasteiger partial charge in [0.1, 0.15) is 0 Å². The van der Waals surface area contributed by atoms with Crippen LogP contribution in [-0.4, -0.2) is 26.8 Å². The molecule has 0 bridgehead atoms. The number of rotatable bonds is 4. The van der Waals surface area contributed by atoms with Crippen LogP contribution in [0.4, 0.5) is 0 Å². The lowest BCUT2D eigenvalue weighted by Crippen LogP contribution is -2.34. The van der Waals surface area contributed by atoms with Gasteiger partial charge in [0.25, 0.3) is 0 Å². The molecule has 92 valence electrons. The Morgan fingerprint density at radius 1 is 1.65 bits per heavy atom. The Hall–Kier alpha value is -1.85. The minimum atomic E-state index is -1.07. The Labute approximate surface area is 98.6 Å². The van der Waals surface area contributed by atoms with Crippen molar-refractivity contribution < 1.29 is 14.7 Å². The Morgan fingerprint density at radius 2 is 2.29 bits per heavy atom. The molecule has 1 saturated carbocycles. The van der Waals surface area contributed by atoms with Crippen LogP contribution in [0.3, 0.4) is 0 Å². The molecule has 1 amide bonds. The molecule has 1 aromatic heterocycles. The molecule has 0 aromatic carbocycles. The lowest BCUT2D eigenvalue weighted by Gasteiger charge is -2.12. The van der Waals surface area contributed by atoms with Crippen LogP contribution in [0, 0.1) is 11.8 Å². The van der Waals surface area contributed by atoms with Crippen LogP contribution < -0.4 is 5.32 Å². The van der Waals surface area contributed by atoms with Crippen LogP contribution in [0.25, 0.3) is 0 Å². The Morgan fingerprint density at radius 3 is 2.71 bits per heavy atom. The van der Waals surface area contributed by atoms with E-state index in [0.29, 0.717) is 11.5 Å². The number of carboxylic acids is 1. The first-order valence-corrected chi connectivity index (χ1v) is 5.50. The predicted octanol–water partition coefficient (Wildman–Crippen LogP) is 0.318. The van der Waals surface area contributed by atoms with Gasteiger partial charge in [-0.25, -0.2) is 4.79 Å². The number of nitrogens with one attached hydrogen (secondary N) is 1. The predicted molar refractivity (Wildman–Crippen MR) is 59.0 cm³/mol. The number of carbonyl (C=O) groups excluding carboxylic acids is 1. The van der Waals surface area contributed by atoms with Gasteiger partial charge in [-0.15, -0.1) is 0 Å². The molecular formula is C11H15N3O3. The maximum atomic E-state index is 11.7. The molecule has 2 N–H and O–H groups in total. The topological polar surface area (TPSA) is 84.2 Å². The summed E-state index contributed by atoms with van der Waals surface area (Å²) in [6.07, 6.45) is 3.88. The molecule has 3 atom stereocenters. The van der Waals surface area contributed by atoms with Gasteiger partial charge in [-0.2, -0.15) is 5.10 Å². The molecule has 17 heavy (non-hydrogen) atoms. The van der Waals surface area contributed by atoms with Crippen molar-refractivity contribution in [2.45, 2.75) is 19.4 Å². The highest BCUT2D eigenvalue weighted by Gasteiger charge is 2.40. The molecule has 1 aromatic rings.